The van der Waals surface area contributed by atoms with E-state index in [0.717, 1.165) is 43.6 Å². The molecule has 0 bridgehead atoms. The largest absolute Gasteiger partial charge is 0.481 e. The van der Waals surface area contributed by atoms with Crippen LogP contribution in [0.3, 0.4) is 0 Å². The number of hydrogen-bond donors (Lipinski definition) is 3. The van der Waals surface area contributed by atoms with Crippen molar-refractivity contribution in [3.63, 3.8) is 0 Å². The quantitative estimate of drug-likeness (QED) is 0.775. The van der Waals surface area contributed by atoms with Crippen LogP contribution in [0.15, 0.2) is 24.3 Å². The first-order chi connectivity index (χ1) is 10.1. The molecular weight excluding hydrogens is 268 g/mol. The van der Waals surface area contributed by atoms with Crippen molar-refractivity contribution in [3.8, 4) is 0 Å². The summed E-state index contributed by atoms with van der Waals surface area (Å²) in [6, 6.07) is 7.01. The van der Waals surface area contributed by atoms with Gasteiger partial charge in [0.15, 0.2) is 0 Å². The predicted octanol–water partition coefficient (Wildman–Crippen LogP) is 2.03. The van der Waals surface area contributed by atoms with E-state index < -0.39 is 5.97 Å². The van der Waals surface area contributed by atoms with E-state index in [-0.39, 0.29) is 17.7 Å². The summed E-state index contributed by atoms with van der Waals surface area (Å²) in [6.07, 6.45) is 2.54. The second-order valence-electron chi connectivity index (χ2n) is 5.61. The lowest BCUT2D eigenvalue weighted by molar-refractivity contribution is -0.136. The molecule has 1 aromatic carbocycles. The van der Waals surface area contributed by atoms with Gasteiger partial charge in [-0.2, -0.15) is 0 Å². The minimum Gasteiger partial charge on any atom is -0.481 e. The van der Waals surface area contributed by atoms with Gasteiger partial charge in [0, 0.05) is 5.69 Å². The number of hydrogen-bond acceptors (Lipinski definition) is 3. The predicted molar refractivity (Wildman–Crippen MR) is 81.2 cm³/mol. The van der Waals surface area contributed by atoms with E-state index in [9.17, 15) is 9.59 Å². The van der Waals surface area contributed by atoms with Crippen molar-refractivity contribution in [1.29, 1.82) is 0 Å². The zero-order valence-corrected chi connectivity index (χ0v) is 12.3. The fourth-order valence-electron chi connectivity index (χ4n) is 2.79. The van der Waals surface area contributed by atoms with Gasteiger partial charge >= 0.3 is 5.97 Å². The van der Waals surface area contributed by atoms with Gasteiger partial charge in [-0.1, -0.05) is 19.1 Å². The van der Waals surface area contributed by atoms with Crippen LogP contribution in [0.25, 0.3) is 0 Å². The molecule has 1 aliphatic rings. The minimum atomic E-state index is -0.855. The smallest absolute Gasteiger partial charge is 0.307 e. The number of carboxylic acids is 1. The van der Waals surface area contributed by atoms with Crippen LogP contribution in [0.4, 0.5) is 5.69 Å². The molecule has 1 fully saturated rings. The molecular formula is C16H22N2O3. The molecule has 1 heterocycles. The van der Waals surface area contributed by atoms with E-state index in [1.54, 1.807) is 24.3 Å². The molecule has 5 heteroatoms. The highest BCUT2D eigenvalue weighted by Gasteiger charge is 2.37. The number of carbonyl (C=O) groups excluding carboxylic acids is 1. The summed E-state index contributed by atoms with van der Waals surface area (Å²) in [4.78, 5) is 23.2. The van der Waals surface area contributed by atoms with Crippen LogP contribution in [0.2, 0.25) is 0 Å². The number of benzene rings is 1. The summed E-state index contributed by atoms with van der Waals surface area (Å²) >= 11 is 0. The molecule has 3 N–H and O–H groups in total. The van der Waals surface area contributed by atoms with Gasteiger partial charge in [-0.25, -0.2) is 0 Å². The lowest BCUT2D eigenvalue weighted by atomic mass is 9.76. The number of aliphatic carboxylic acids is 1. The van der Waals surface area contributed by atoms with Crippen molar-refractivity contribution in [2.24, 2.45) is 5.41 Å². The molecule has 0 radical (unpaired) electrons. The van der Waals surface area contributed by atoms with Crippen LogP contribution in [0.5, 0.6) is 0 Å². The first kappa shape index (κ1) is 15.5. The van der Waals surface area contributed by atoms with Crippen molar-refractivity contribution in [2.75, 3.05) is 18.4 Å². The summed E-state index contributed by atoms with van der Waals surface area (Å²) in [7, 11) is 0. The van der Waals surface area contributed by atoms with Gasteiger partial charge in [0.25, 0.3) is 0 Å². The molecule has 0 spiro atoms. The first-order valence-corrected chi connectivity index (χ1v) is 7.39. The zero-order chi connectivity index (χ0) is 15.3. The normalized spacial score (nSPS) is 17.2. The van der Waals surface area contributed by atoms with E-state index >= 15 is 0 Å². The van der Waals surface area contributed by atoms with E-state index in [2.05, 4.69) is 17.6 Å². The van der Waals surface area contributed by atoms with Gasteiger partial charge < -0.3 is 15.7 Å². The number of rotatable bonds is 5. The summed E-state index contributed by atoms with van der Waals surface area (Å²) in [5.41, 5.74) is 1.17. The van der Waals surface area contributed by atoms with Gasteiger partial charge in [0.2, 0.25) is 5.91 Å². The molecule has 0 aromatic heterocycles. The number of amides is 1. The molecule has 5 nitrogen and oxygen atoms in total. The Bertz CT molecular complexity index is 505. The van der Waals surface area contributed by atoms with Gasteiger partial charge in [-0.05, 0) is 50.0 Å². The van der Waals surface area contributed by atoms with E-state index in [0.29, 0.717) is 0 Å². The zero-order valence-electron chi connectivity index (χ0n) is 12.3. The Kier molecular flexibility index (Phi) is 4.96. The van der Waals surface area contributed by atoms with Crippen LogP contribution in [-0.4, -0.2) is 30.1 Å². The second kappa shape index (κ2) is 6.72. The molecule has 1 aromatic rings. The van der Waals surface area contributed by atoms with E-state index in [1.165, 1.54) is 0 Å². The molecule has 1 saturated heterocycles. The number of nitrogens with one attached hydrogen (secondary N) is 2. The fourth-order valence-corrected chi connectivity index (χ4v) is 2.79. The van der Waals surface area contributed by atoms with Crippen LogP contribution in [0, 0.1) is 5.41 Å². The third kappa shape index (κ3) is 3.82. The highest BCUT2D eigenvalue weighted by molar-refractivity contribution is 5.95. The maximum Gasteiger partial charge on any atom is 0.307 e. The lowest BCUT2D eigenvalue weighted by Crippen LogP contribution is -2.44. The minimum absolute atomic E-state index is 0.00120. The fraction of sp³-hybridized carbons (Fsp3) is 0.500. The molecule has 0 atom stereocenters. The average Bonchev–Trinajstić information content (AvgIpc) is 2.49. The Labute approximate surface area is 124 Å². The second-order valence-corrected chi connectivity index (χ2v) is 5.61. The van der Waals surface area contributed by atoms with Gasteiger partial charge in [-0.3, -0.25) is 9.59 Å². The van der Waals surface area contributed by atoms with Gasteiger partial charge in [0.05, 0.1) is 11.8 Å². The average molecular weight is 290 g/mol. The molecule has 0 saturated carbocycles. The third-order valence-electron chi connectivity index (χ3n) is 4.29. The van der Waals surface area contributed by atoms with Crippen molar-refractivity contribution in [2.45, 2.75) is 32.6 Å². The summed E-state index contributed by atoms with van der Waals surface area (Å²) in [6.45, 7) is 3.80. The standard InChI is InChI=1S/C16H22N2O3/c1-2-16(7-9-17-10-8-16)15(21)18-13-5-3-12(4-6-13)11-14(19)20/h3-6,17H,2,7-11H2,1H3,(H,18,21)(H,19,20). The Morgan fingerprint density at radius 2 is 1.86 bits per heavy atom. The van der Waals surface area contributed by atoms with E-state index in [4.69, 9.17) is 5.11 Å². The van der Waals surface area contributed by atoms with E-state index in [1.807, 2.05) is 0 Å². The van der Waals surface area contributed by atoms with Crippen molar-refractivity contribution < 1.29 is 14.7 Å². The Morgan fingerprint density at radius 3 is 2.38 bits per heavy atom. The van der Waals surface area contributed by atoms with Crippen LogP contribution in [0.1, 0.15) is 31.7 Å². The maximum atomic E-state index is 12.6. The summed E-state index contributed by atoms with van der Waals surface area (Å²) < 4.78 is 0. The molecule has 1 amide bonds. The maximum absolute atomic E-state index is 12.6. The monoisotopic (exact) mass is 290 g/mol. The highest BCUT2D eigenvalue weighted by atomic mass is 16.4. The van der Waals surface area contributed by atoms with Crippen molar-refractivity contribution in [1.82, 2.24) is 5.32 Å². The number of carbonyl (C=O) groups is 2. The molecule has 114 valence electrons. The Morgan fingerprint density at radius 1 is 1.24 bits per heavy atom. The Hall–Kier alpha value is -1.88. The summed E-state index contributed by atoms with van der Waals surface area (Å²) in [5.74, 6) is -0.788. The van der Waals surface area contributed by atoms with Crippen molar-refractivity contribution in [3.05, 3.63) is 29.8 Å². The number of anilines is 1. The van der Waals surface area contributed by atoms with Gasteiger partial charge in [-0.15, -0.1) is 0 Å². The third-order valence-corrected chi connectivity index (χ3v) is 4.29. The number of carboxylic acid groups (broad SMARTS) is 1. The highest BCUT2D eigenvalue weighted by Crippen LogP contribution is 2.33. The summed E-state index contributed by atoms with van der Waals surface area (Å²) in [5, 5.41) is 15.0. The van der Waals surface area contributed by atoms with Crippen LogP contribution >= 0.6 is 0 Å². The topological polar surface area (TPSA) is 78.4 Å². The molecule has 1 aliphatic heterocycles. The number of piperidine rings is 1. The molecule has 0 aliphatic carbocycles. The molecule has 2 rings (SSSR count). The van der Waals surface area contributed by atoms with Crippen LogP contribution < -0.4 is 10.6 Å². The van der Waals surface area contributed by atoms with Crippen LogP contribution in [-0.2, 0) is 16.0 Å². The van der Waals surface area contributed by atoms with Gasteiger partial charge in [0.1, 0.15) is 0 Å². The van der Waals surface area contributed by atoms with Crippen molar-refractivity contribution >= 4 is 17.6 Å². The lowest BCUT2D eigenvalue weighted by Gasteiger charge is -2.35. The SMILES string of the molecule is CCC1(C(=O)Nc2ccc(CC(=O)O)cc2)CCNCC1. The molecule has 0 unspecified atom stereocenters. The molecule has 21 heavy (non-hydrogen) atoms. The Balaban J connectivity index is 2.03. The first-order valence-electron chi connectivity index (χ1n) is 7.39.